The van der Waals surface area contributed by atoms with Gasteiger partial charge in [-0.1, -0.05) is 19.3 Å². The number of imidazole rings is 1. The maximum atomic E-state index is 6.25. The highest BCUT2D eigenvalue weighted by atomic mass is 15.1. The average molecular weight is 219 g/mol. The molecule has 88 valence electrons. The smallest absolute Gasteiger partial charge is 0.0951 e. The number of nitrogens with two attached hydrogens (primary N) is 1. The van der Waals surface area contributed by atoms with Crippen molar-refractivity contribution in [3.05, 3.63) is 18.2 Å². The van der Waals surface area contributed by atoms with Gasteiger partial charge in [0.1, 0.15) is 0 Å². The molecule has 2 atom stereocenters. The molecular formula is C13H21N3. The Morgan fingerprint density at radius 3 is 2.62 bits per heavy atom. The predicted molar refractivity (Wildman–Crippen MR) is 64.3 cm³/mol. The molecule has 1 heterocycles. The van der Waals surface area contributed by atoms with E-state index >= 15 is 0 Å². The van der Waals surface area contributed by atoms with E-state index in [2.05, 4.69) is 15.7 Å². The van der Waals surface area contributed by atoms with Crippen LogP contribution in [0, 0.1) is 0 Å². The van der Waals surface area contributed by atoms with E-state index in [4.69, 9.17) is 5.73 Å². The van der Waals surface area contributed by atoms with E-state index in [-0.39, 0.29) is 0 Å². The van der Waals surface area contributed by atoms with Gasteiger partial charge < -0.3 is 10.3 Å². The summed E-state index contributed by atoms with van der Waals surface area (Å²) in [7, 11) is 0. The molecule has 2 saturated carbocycles. The van der Waals surface area contributed by atoms with E-state index in [9.17, 15) is 0 Å². The molecule has 0 spiro atoms. The predicted octanol–water partition coefficient (Wildman–Crippen LogP) is 2.59. The Hall–Kier alpha value is -0.830. The van der Waals surface area contributed by atoms with Crippen LogP contribution in [0.3, 0.4) is 0 Å². The van der Waals surface area contributed by atoms with Crippen molar-refractivity contribution in [2.45, 2.75) is 62.9 Å². The molecule has 16 heavy (non-hydrogen) atoms. The van der Waals surface area contributed by atoms with Crippen molar-refractivity contribution in [3.63, 3.8) is 0 Å². The lowest BCUT2D eigenvalue weighted by molar-refractivity contribution is 0.286. The molecule has 3 rings (SSSR count). The Balaban J connectivity index is 1.84. The third-order valence-electron chi connectivity index (χ3n) is 4.36. The fourth-order valence-corrected chi connectivity index (χ4v) is 3.10. The fraction of sp³-hybridized carbons (Fsp3) is 0.769. The van der Waals surface area contributed by atoms with Crippen LogP contribution in [0.4, 0.5) is 0 Å². The molecule has 1 aromatic heterocycles. The second kappa shape index (κ2) is 4.21. The Labute approximate surface area is 97.0 Å². The van der Waals surface area contributed by atoms with Crippen LogP contribution in [0.25, 0.3) is 0 Å². The minimum Gasteiger partial charge on any atom is -0.330 e. The van der Waals surface area contributed by atoms with E-state index < -0.39 is 0 Å². The summed E-state index contributed by atoms with van der Waals surface area (Å²) in [6.45, 7) is 0. The molecule has 0 bridgehead atoms. The highest BCUT2D eigenvalue weighted by Crippen LogP contribution is 2.38. The third-order valence-corrected chi connectivity index (χ3v) is 4.36. The largest absolute Gasteiger partial charge is 0.330 e. The lowest BCUT2D eigenvalue weighted by Gasteiger charge is -2.34. The first-order valence-corrected chi connectivity index (χ1v) is 6.63. The molecular weight excluding hydrogens is 198 g/mol. The molecule has 2 fully saturated rings. The van der Waals surface area contributed by atoms with Gasteiger partial charge in [-0.2, -0.15) is 0 Å². The van der Waals surface area contributed by atoms with Crippen LogP contribution < -0.4 is 5.73 Å². The van der Waals surface area contributed by atoms with E-state index in [1.54, 1.807) is 0 Å². The van der Waals surface area contributed by atoms with Gasteiger partial charge in [-0.3, -0.25) is 0 Å². The van der Waals surface area contributed by atoms with Crippen LogP contribution in [0.15, 0.2) is 12.5 Å². The van der Waals surface area contributed by atoms with Crippen molar-refractivity contribution in [1.82, 2.24) is 9.55 Å². The van der Waals surface area contributed by atoms with Crippen molar-refractivity contribution in [2.24, 2.45) is 5.73 Å². The summed E-state index contributed by atoms with van der Waals surface area (Å²) in [6.07, 6.45) is 13.2. The maximum Gasteiger partial charge on any atom is 0.0951 e. The lowest BCUT2D eigenvalue weighted by Crippen LogP contribution is -2.36. The second-order valence-electron chi connectivity index (χ2n) is 5.37. The molecule has 0 aromatic carbocycles. The van der Waals surface area contributed by atoms with Gasteiger partial charge in [0.15, 0.2) is 0 Å². The van der Waals surface area contributed by atoms with E-state index in [1.165, 1.54) is 50.6 Å². The summed E-state index contributed by atoms with van der Waals surface area (Å²) < 4.78 is 2.38. The van der Waals surface area contributed by atoms with E-state index in [1.807, 2.05) is 6.33 Å². The Bertz CT molecular complexity index is 354. The van der Waals surface area contributed by atoms with Crippen LogP contribution >= 0.6 is 0 Å². The van der Waals surface area contributed by atoms with Crippen molar-refractivity contribution in [3.8, 4) is 0 Å². The zero-order valence-corrected chi connectivity index (χ0v) is 9.81. The normalized spacial score (nSPS) is 31.3. The molecule has 3 nitrogen and oxygen atoms in total. The van der Waals surface area contributed by atoms with Gasteiger partial charge in [0.2, 0.25) is 0 Å². The first-order chi connectivity index (χ1) is 7.86. The molecule has 0 radical (unpaired) electrons. The van der Waals surface area contributed by atoms with Crippen molar-refractivity contribution >= 4 is 0 Å². The summed E-state index contributed by atoms with van der Waals surface area (Å²) in [6, 6.07) is 0.841. The molecule has 3 heteroatoms. The summed E-state index contributed by atoms with van der Waals surface area (Å²) in [5.41, 5.74) is 7.69. The zero-order chi connectivity index (χ0) is 11.0. The summed E-state index contributed by atoms with van der Waals surface area (Å²) in [5, 5.41) is 0. The topological polar surface area (TPSA) is 43.8 Å². The van der Waals surface area contributed by atoms with Crippen LogP contribution in [0.5, 0.6) is 0 Å². The van der Waals surface area contributed by atoms with Gasteiger partial charge in [-0.25, -0.2) is 4.98 Å². The molecule has 2 aliphatic carbocycles. The monoisotopic (exact) mass is 219 g/mol. The van der Waals surface area contributed by atoms with Crippen LogP contribution in [0.1, 0.15) is 62.6 Å². The minimum atomic E-state index is 0.335. The highest BCUT2D eigenvalue weighted by Gasteiger charge is 2.29. The van der Waals surface area contributed by atoms with Crippen molar-refractivity contribution in [2.75, 3.05) is 0 Å². The third kappa shape index (κ3) is 1.67. The molecule has 2 unspecified atom stereocenters. The second-order valence-corrected chi connectivity index (χ2v) is 5.37. The van der Waals surface area contributed by atoms with Gasteiger partial charge in [-0.05, 0) is 25.7 Å². The number of aromatic nitrogens is 2. The molecule has 2 N–H and O–H groups in total. The van der Waals surface area contributed by atoms with Crippen molar-refractivity contribution in [1.29, 1.82) is 0 Å². The molecule has 2 aliphatic rings. The highest BCUT2D eigenvalue weighted by molar-refractivity contribution is 5.11. The zero-order valence-electron chi connectivity index (χ0n) is 9.81. The van der Waals surface area contributed by atoms with Crippen LogP contribution in [-0.2, 0) is 0 Å². The fourth-order valence-electron chi connectivity index (χ4n) is 3.10. The summed E-state index contributed by atoms with van der Waals surface area (Å²) >= 11 is 0. The Morgan fingerprint density at radius 1 is 1.12 bits per heavy atom. The molecule has 0 saturated heterocycles. The SMILES string of the molecule is NC1CCCCC1n1cncc1C1CCC1. The molecule has 0 aliphatic heterocycles. The number of hydrogen-bond acceptors (Lipinski definition) is 2. The number of hydrogen-bond donors (Lipinski definition) is 1. The van der Waals surface area contributed by atoms with E-state index in [0.717, 1.165) is 5.92 Å². The molecule has 0 amide bonds. The number of rotatable bonds is 2. The van der Waals surface area contributed by atoms with Gasteiger partial charge in [0.25, 0.3) is 0 Å². The Kier molecular flexibility index (Phi) is 2.72. The van der Waals surface area contributed by atoms with Crippen LogP contribution in [0.2, 0.25) is 0 Å². The molecule has 1 aromatic rings. The van der Waals surface area contributed by atoms with Gasteiger partial charge in [-0.15, -0.1) is 0 Å². The minimum absolute atomic E-state index is 0.335. The summed E-state index contributed by atoms with van der Waals surface area (Å²) in [4.78, 5) is 4.34. The lowest BCUT2D eigenvalue weighted by atomic mass is 9.82. The summed E-state index contributed by atoms with van der Waals surface area (Å²) in [5.74, 6) is 0.761. The average Bonchev–Trinajstić information content (AvgIpc) is 2.65. The van der Waals surface area contributed by atoms with Gasteiger partial charge in [0.05, 0.1) is 6.33 Å². The van der Waals surface area contributed by atoms with Crippen molar-refractivity contribution < 1.29 is 0 Å². The maximum absolute atomic E-state index is 6.25. The van der Waals surface area contributed by atoms with Gasteiger partial charge in [0, 0.05) is 29.9 Å². The van der Waals surface area contributed by atoms with E-state index in [0.29, 0.717) is 12.1 Å². The van der Waals surface area contributed by atoms with Gasteiger partial charge >= 0.3 is 0 Å². The first kappa shape index (κ1) is 10.3. The Morgan fingerprint density at radius 2 is 1.94 bits per heavy atom. The number of nitrogens with zero attached hydrogens (tertiary/aromatic N) is 2. The quantitative estimate of drug-likeness (QED) is 0.831. The first-order valence-electron chi connectivity index (χ1n) is 6.63. The van der Waals surface area contributed by atoms with Crippen LogP contribution in [-0.4, -0.2) is 15.6 Å². The standard InChI is InChI=1S/C13H21N3/c14-11-6-1-2-7-12(11)16-9-15-8-13(16)10-4-3-5-10/h8-12H,1-7,14H2.